The van der Waals surface area contributed by atoms with E-state index in [1.54, 1.807) is 65.0 Å². The Morgan fingerprint density at radius 3 is 2.29 bits per heavy atom. The van der Waals surface area contributed by atoms with E-state index in [0.717, 1.165) is 5.57 Å². The fourth-order valence-electron chi connectivity index (χ4n) is 6.17. The number of carbonyl (C=O) groups excluding carboxylic acids is 2. The van der Waals surface area contributed by atoms with E-state index in [2.05, 4.69) is 0 Å². The van der Waals surface area contributed by atoms with Crippen molar-refractivity contribution >= 4 is 11.8 Å². The van der Waals surface area contributed by atoms with Crippen molar-refractivity contribution in [2.45, 2.75) is 112 Å². The largest absolute Gasteiger partial charge is 0.490 e. The number of allylic oxidation sites excluding steroid dienone is 7. The fraction of sp³-hybridized carbons (Fsp3) is 0.641. The molecule has 0 aromatic rings. The Hall–Kier alpha value is -2.82. The lowest BCUT2D eigenvalue weighted by Gasteiger charge is -2.34. The molecule has 272 valence electrons. The minimum atomic E-state index is -1.22. The highest BCUT2D eigenvalue weighted by molar-refractivity contribution is 5.92. The predicted octanol–water partition coefficient (Wildman–Crippen LogP) is 5.65. The highest BCUT2D eigenvalue weighted by atomic mass is 16.6. The highest BCUT2D eigenvalue weighted by Crippen LogP contribution is 2.30. The quantitative estimate of drug-likeness (QED) is 0.124. The van der Waals surface area contributed by atoms with Gasteiger partial charge in [0, 0.05) is 36.7 Å². The van der Waals surface area contributed by atoms with Crippen molar-refractivity contribution in [1.82, 2.24) is 0 Å². The van der Waals surface area contributed by atoms with Crippen LogP contribution in [0.3, 0.4) is 0 Å². The summed E-state index contributed by atoms with van der Waals surface area (Å²) in [4.78, 5) is 26.6. The van der Waals surface area contributed by atoms with Crippen molar-refractivity contribution in [3.63, 3.8) is 0 Å². The highest BCUT2D eigenvalue weighted by Gasteiger charge is 2.38. The zero-order valence-electron chi connectivity index (χ0n) is 30.9. The lowest BCUT2D eigenvalue weighted by atomic mass is 9.79. The van der Waals surface area contributed by atoms with Gasteiger partial charge in [-0.05, 0) is 51.7 Å². The summed E-state index contributed by atoms with van der Waals surface area (Å²) in [7, 11) is 2.83. The Balaban J connectivity index is 3.59. The number of ketones is 1. The van der Waals surface area contributed by atoms with Crippen LogP contribution >= 0.6 is 0 Å². The Kier molecular flexibility index (Phi) is 19.2. The van der Waals surface area contributed by atoms with Crippen LogP contribution in [0.25, 0.3) is 0 Å². The molecule has 1 aliphatic heterocycles. The molecule has 9 nitrogen and oxygen atoms in total. The van der Waals surface area contributed by atoms with Crippen LogP contribution in [0.15, 0.2) is 71.6 Å². The summed E-state index contributed by atoms with van der Waals surface area (Å²) in [6.07, 6.45) is 11.0. The number of aliphatic hydroxyl groups excluding tert-OH is 4. The van der Waals surface area contributed by atoms with Gasteiger partial charge in [0.25, 0.3) is 0 Å². The van der Waals surface area contributed by atoms with E-state index in [4.69, 9.17) is 14.2 Å². The average molecular weight is 675 g/mol. The molecule has 0 saturated carbocycles. The van der Waals surface area contributed by atoms with Gasteiger partial charge in [-0.25, -0.2) is 4.79 Å². The molecule has 0 saturated heterocycles. The number of rotatable bonds is 11. The second-order valence-corrected chi connectivity index (χ2v) is 13.5. The van der Waals surface area contributed by atoms with Gasteiger partial charge in [-0.2, -0.15) is 0 Å². The smallest absolute Gasteiger partial charge is 0.373 e. The maximum absolute atomic E-state index is 13.6. The Labute approximate surface area is 288 Å². The zero-order chi connectivity index (χ0) is 36.7. The van der Waals surface area contributed by atoms with Crippen molar-refractivity contribution in [2.75, 3.05) is 14.2 Å². The van der Waals surface area contributed by atoms with Crippen LogP contribution in [0.2, 0.25) is 0 Å². The topological polar surface area (TPSA) is 143 Å². The maximum atomic E-state index is 13.6. The third-order valence-electron chi connectivity index (χ3n) is 9.45. The molecular formula is C39H62O9. The van der Waals surface area contributed by atoms with Crippen LogP contribution in [0.4, 0.5) is 0 Å². The van der Waals surface area contributed by atoms with Crippen LogP contribution in [0, 0.1) is 35.5 Å². The standard InChI is InChI=1S/C39H62O9/c1-12-15-31(40)25(5)18-19-32(41)28(8)37(44)29(9)38-33(46-10)17-14-16-23(3)20-26(6)35(42)30(13-2)36(43)27(7)21-24(4)22-34(47-11)39(45)48-38/h12,14-19,21-22,25-31,33,35-38,40,42-44H,13,20H2,1-11H3/t25-,26+,27+,28+,29-,30-,31+,33-,35-,36+,37-,38+/m0/s1. The molecule has 0 aliphatic carbocycles. The van der Waals surface area contributed by atoms with Gasteiger partial charge in [0.1, 0.15) is 12.2 Å². The number of carbonyl (C=O) groups is 2. The number of methoxy groups -OCH3 is 2. The molecule has 1 heterocycles. The van der Waals surface area contributed by atoms with E-state index >= 15 is 0 Å². The number of esters is 1. The second-order valence-electron chi connectivity index (χ2n) is 13.5. The Bertz CT molecular complexity index is 1200. The SMILES string of the molecule is CC=C[C@@H](O)[C@@H](C)C=CC(=O)[C@@H](C)[C@H](O)[C@H](C)[C@H]1OC(=O)C(OC)=CC(C)=C[C@@H](C)[C@@H](O)[C@@H](CC)[C@@H](O)[C@H](C)CC(C)=CC=C[C@@H]1OC. The first kappa shape index (κ1) is 43.2. The van der Waals surface area contributed by atoms with Crippen LogP contribution < -0.4 is 0 Å². The second kappa shape index (κ2) is 21.3. The van der Waals surface area contributed by atoms with Gasteiger partial charge in [0.2, 0.25) is 5.76 Å². The van der Waals surface area contributed by atoms with Crippen LogP contribution in [-0.4, -0.2) is 83.0 Å². The van der Waals surface area contributed by atoms with Gasteiger partial charge in [-0.1, -0.05) is 95.2 Å². The summed E-state index contributed by atoms with van der Waals surface area (Å²) in [5.41, 5.74) is 1.65. The molecule has 0 radical (unpaired) electrons. The van der Waals surface area contributed by atoms with Crippen LogP contribution in [0.1, 0.15) is 75.2 Å². The number of cyclic esters (lactones) is 1. The molecule has 0 amide bonds. The average Bonchev–Trinajstić information content (AvgIpc) is 3.05. The summed E-state index contributed by atoms with van der Waals surface area (Å²) >= 11 is 0. The lowest BCUT2D eigenvalue weighted by Crippen LogP contribution is -2.45. The first-order valence-corrected chi connectivity index (χ1v) is 17.1. The van der Waals surface area contributed by atoms with Gasteiger partial charge in [-0.15, -0.1) is 0 Å². The Morgan fingerprint density at radius 2 is 1.73 bits per heavy atom. The van der Waals surface area contributed by atoms with Crippen molar-refractivity contribution in [3.8, 4) is 0 Å². The Morgan fingerprint density at radius 1 is 1.08 bits per heavy atom. The molecule has 12 atom stereocenters. The molecule has 1 rings (SSSR count). The monoisotopic (exact) mass is 674 g/mol. The summed E-state index contributed by atoms with van der Waals surface area (Å²) in [5.74, 6) is -3.92. The van der Waals surface area contributed by atoms with E-state index in [1.807, 2.05) is 39.8 Å². The molecule has 0 aromatic heterocycles. The zero-order valence-corrected chi connectivity index (χ0v) is 30.9. The molecule has 0 bridgehead atoms. The first-order valence-electron chi connectivity index (χ1n) is 17.1. The molecule has 48 heavy (non-hydrogen) atoms. The van der Waals surface area contributed by atoms with Crippen LogP contribution in [0.5, 0.6) is 0 Å². The molecule has 9 heteroatoms. The number of hydrogen-bond donors (Lipinski definition) is 4. The molecular weight excluding hydrogens is 612 g/mol. The minimum Gasteiger partial charge on any atom is -0.490 e. The van der Waals surface area contributed by atoms with Gasteiger partial charge in [-0.3, -0.25) is 4.79 Å². The third kappa shape index (κ3) is 12.9. The van der Waals surface area contributed by atoms with Crippen molar-refractivity contribution in [3.05, 3.63) is 71.6 Å². The number of ether oxygens (including phenoxy) is 3. The number of aliphatic hydroxyl groups is 4. The van der Waals surface area contributed by atoms with Gasteiger partial charge in [0.05, 0.1) is 31.5 Å². The third-order valence-corrected chi connectivity index (χ3v) is 9.45. The molecule has 1 aliphatic rings. The summed E-state index contributed by atoms with van der Waals surface area (Å²) in [6.45, 7) is 16.4. The van der Waals surface area contributed by atoms with Gasteiger partial charge < -0.3 is 34.6 Å². The van der Waals surface area contributed by atoms with Gasteiger partial charge >= 0.3 is 5.97 Å². The van der Waals surface area contributed by atoms with Crippen molar-refractivity contribution in [1.29, 1.82) is 0 Å². The summed E-state index contributed by atoms with van der Waals surface area (Å²) < 4.78 is 17.2. The van der Waals surface area contributed by atoms with E-state index in [1.165, 1.54) is 26.4 Å². The lowest BCUT2D eigenvalue weighted by molar-refractivity contribution is -0.162. The summed E-state index contributed by atoms with van der Waals surface area (Å²) in [5, 5.41) is 44.0. The number of hydrogen-bond acceptors (Lipinski definition) is 9. The predicted molar refractivity (Wildman–Crippen MR) is 190 cm³/mol. The van der Waals surface area contributed by atoms with Gasteiger partial charge in [0.15, 0.2) is 5.78 Å². The van der Waals surface area contributed by atoms with Crippen molar-refractivity contribution < 1.29 is 44.2 Å². The normalized spacial score (nSPS) is 30.3. The molecule has 4 N–H and O–H groups in total. The van der Waals surface area contributed by atoms with E-state index in [-0.39, 0.29) is 35.2 Å². The molecule has 0 aromatic carbocycles. The molecule has 0 spiro atoms. The fourth-order valence-corrected chi connectivity index (χ4v) is 6.17. The van der Waals surface area contributed by atoms with Crippen LogP contribution in [-0.2, 0) is 23.8 Å². The first-order chi connectivity index (χ1) is 22.5. The minimum absolute atomic E-state index is 0.0887. The molecule has 0 fully saturated rings. The maximum Gasteiger partial charge on any atom is 0.373 e. The molecule has 0 unspecified atom stereocenters. The summed E-state index contributed by atoms with van der Waals surface area (Å²) in [6, 6.07) is 0. The van der Waals surface area contributed by atoms with E-state index < -0.39 is 54.4 Å². The van der Waals surface area contributed by atoms with Crippen molar-refractivity contribution in [2.24, 2.45) is 35.5 Å². The van der Waals surface area contributed by atoms with E-state index in [9.17, 15) is 30.0 Å². The van der Waals surface area contributed by atoms with E-state index in [0.29, 0.717) is 18.4 Å².